The van der Waals surface area contributed by atoms with Crippen LogP contribution in [0.5, 0.6) is 0 Å². The lowest BCUT2D eigenvalue weighted by Crippen LogP contribution is -2.51. The lowest BCUT2D eigenvalue weighted by atomic mass is 10.0. The molecule has 2 aromatic heterocycles. The fraction of sp³-hybridized carbons (Fsp3) is 0.429. The number of alkyl carbamates (subject to hydrolysis) is 2. The summed E-state index contributed by atoms with van der Waals surface area (Å²) in [7, 11) is 2.56. The van der Waals surface area contributed by atoms with Gasteiger partial charge in [0, 0.05) is 23.6 Å². The molecule has 0 aliphatic carbocycles. The van der Waals surface area contributed by atoms with Crippen molar-refractivity contribution in [2.75, 3.05) is 27.3 Å². The number of thiol groups is 1. The van der Waals surface area contributed by atoms with E-state index in [1.807, 2.05) is 58.0 Å². The van der Waals surface area contributed by atoms with Gasteiger partial charge in [0.15, 0.2) is 0 Å². The third-order valence-corrected chi connectivity index (χ3v) is 10.2. The van der Waals surface area contributed by atoms with Crippen LogP contribution >= 0.6 is 37.4 Å². The number of imidazole rings is 2. The van der Waals surface area contributed by atoms with Gasteiger partial charge in [0.2, 0.25) is 11.8 Å². The van der Waals surface area contributed by atoms with E-state index in [-0.39, 0.29) is 60.5 Å². The molecule has 1 unspecified atom stereocenters. The van der Waals surface area contributed by atoms with Gasteiger partial charge in [-0.2, -0.15) is 0 Å². The van der Waals surface area contributed by atoms with E-state index < -0.39 is 24.3 Å². The first-order valence-electron chi connectivity index (χ1n) is 19.0. The van der Waals surface area contributed by atoms with Crippen molar-refractivity contribution in [3.05, 3.63) is 91.0 Å². The number of H-pyrrole nitrogens is 2. The quantitative estimate of drug-likeness (QED) is 0.0573. The van der Waals surface area contributed by atoms with Gasteiger partial charge in [0.1, 0.15) is 23.7 Å². The van der Waals surface area contributed by atoms with Crippen LogP contribution in [0.2, 0.25) is 0 Å². The van der Waals surface area contributed by atoms with Crippen LogP contribution in [0.4, 0.5) is 9.59 Å². The molecule has 4 N–H and O–H groups in total. The molecule has 0 saturated carbocycles. The second-order valence-electron chi connectivity index (χ2n) is 14.2. The normalized spacial score (nSPS) is 17.1. The van der Waals surface area contributed by atoms with Gasteiger partial charge in [-0.1, -0.05) is 57.7 Å². The molecule has 4 heterocycles. The summed E-state index contributed by atoms with van der Waals surface area (Å²) in [6.07, 6.45) is 10.8. The van der Waals surface area contributed by atoms with Crippen molar-refractivity contribution in [3.8, 4) is 23.1 Å². The zero-order valence-corrected chi connectivity index (χ0v) is 36.8. The highest BCUT2D eigenvalue weighted by molar-refractivity contribution is 7.90. The highest BCUT2D eigenvalue weighted by Crippen LogP contribution is 2.34. The van der Waals surface area contributed by atoms with Gasteiger partial charge >= 0.3 is 12.2 Å². The number of aromatic amines is 2. The highest BCUT2D eigenvalue weighted by Gasteiger charge is 2.39. The Labute approximate surface area is 364 Å². The van der Waals surface area contributed by atoms with Crippen molar-refractivity contribution in [3.63, 3.8) is 0 Å². The topological polar surface area (TPSA) is 175 Å². The summed E-state index contributed by atoms with van der Waals surface area (Å²) >= 11 is 4.64. The molecule has 17 heteroatoms. The van der Waals surface area contributed by atoms with Crippen LogP contribution < -0.4 is 10.6 Å². The fourth-order valence-electron chi connectivity index (χ4n) is 6.81. The van der Waals surface area contributed by atoms with E-state index in [0.29, 0.717) is 35.3 Å². The Hall–Kier alpha value is -5.17. The number of hydrogen-bond donors (Lipinski definition) is 5. The van der Waals surface area contributed by atoms with E-state index in [0.717, 1.165) is 42.5 Å². The molecule has 0 radical (unpaired) electrons. The zero-order chi connectivity index (χ0) is 41.6. The van der Waals surface area contributed by atoms with Crippen LogP contribution in [-0.2, 0) is 19.1 Å². The van der Waals surface area contributed by atoms with Gasteiger partial charge in [0.25, 0.3) is 0 Å². The number of allylic oxidation sites excluding steroid dienone is 3. The van der Waals surface area contributed by atoms with Crippen LogP contribution in [0.25, 0.3) is 16.2 Å². The largest absolute Gasteiger partial charge is 0.453 e. The van der Waals surface area contributed by atoms with Gasteiger partial charge in [0.05, 0.1) is 50.1 Å². The Bertz CT molecular complexity index is 1990. The third kappa shape index (κ3) is 12.9. The molecule has 2 aliphatic heterocycles. The number of carbonyl (C=O) groups is 4. The van der Waals surface area contributed by atoms with E-state index in [1.165, 1.54) is 14.2 Å². The maximum Gasteiger partial charge on any atom is 0.407 e. The van der Waals surface area contributed by atoms with E-state index in [4.69, 9.17) is 9.47 Å². The van der Waals surface area contributed by atoms with Crippen molar-refractivity contribution in [1.82, 2.24) is 40.4 Å². The standard InChI is InChI=1S/C40H50N8O6S.C2H4.2ClH/c1-24(2)33(45-39(51)53-5)37(49)47-20-10-13-30(47)35-41-22-28(43-35)27-18-16-26(17-19-27)12-8-7-9-15-32(55)29-23-42-36(44-29)31-14-11-21-48(31)38(50)34(25(3)4)46-40(52)54-6;1-2;;/h7,9,15-19,22-25,30-31,33-34,55H,10-11,13-14,20-21H2,1-6H3,(H,41,43)(H,42,44)(H,45,51)(H,46,52);1-2H2;2*1H/b9-7+,32-15-;;;/t30-,31-,33-,34?;;;/m0.../s1. The summed E-state index contributed by atoms with van der Waals surface area (Å²) in [6.45, 7) is 14.7. The van der Waals surface area contributed by atoms with Crippen molar-refractivity contribution in [2.45, 2.75) is 77.5 Å². The Morgan fingerprint density at radius 2 is 1.32 bits per heavy atom. The molecule has 14 nitrogen and oxygen atoms in total. The summed E-state index contributed by atoms with van der Waals surface area (Å²) < 4.78 is 9.46. The fourth-order valence-corrected chi connectivity index (χ4v) is 7.01. The average molecular weight is 872 g/mol. The molecule has 1 aromatic carbocycles. The van der Waals surface area contributed by atoms with Crippen molar-refractivity contribution < 1.29 is 28.7 Å². The van der Waals surface area contributed by atoms with E-state index >= 15 is 0 Å². The summed E-state index contributed by atoms with van der Waals surface area (Å²) in [4.78, 5) is 70.8. The van der Waals surface area contributed by atoms with E-state index in [2.05, 4.69) is 68.2 Å². The number of carbonyl (C=O) groups excluding carboxylic acids is 4. The van der Waals surface area contributed by atoms with E-state index in [9.17, 15) is 19.2 Å². The molecule has 2 saturated heterocycles. The van der Waals surface area contributed by atoms with Crippen LogP contribution in [0.3, 0.4) is 0 Å². The van der Waals surface area contributed by atoms with Gasteiger partial charge in [-0.05, 0) is 67.4 Å². The van der Waals surface area contributed by atoms with Crippen molar-refractivity contribution in [2.24, 2.45) is 11.8 Å². The number of nitrogens with one attached hydrogen (secondary N) is 4. The van der Waals surface area contributed by atoms with Crippen LogP contribution in [0.15, 0.2) is 68.0 Å². The molecule has 2 fully saturated rings. The van der Waals surface area contributed by atoms with Gasteiger partial charge in [-0.15, -0.1) is 50.6 Å². The minimum absolute atomic E-state index is 0. The monoisotopic (exact) mass is 870 g/mol. The minimum Gasteiger partial charge on any atom is -0.453 e. The lowest BCUT2D eigenvalue weighted by molar-refractivity contribution is -0.136. The number of benzene rings is 1. The molecule has 5 rings (SSSR count). The number of methoxy groups -OCH3 is 2. The number of hydrogen-bond acceptors (Lipinski definition) is 9. The van der Waals surface area contributed by atoms with E-state index in [1.54, 1.807) is 34.3 Å². The highest BCUT2D eigenvalue weighted by atomic mass is 35.5. The number of ether oxygens (including phenoxy) is 2. The van der Waals surface area contributed by atoms with Crippen molar-refractivity contribution in [1.29, 1.82) is 0 Å². The first-order valence-corrected chi connectivity index (χ1v) is 19.4. The number of amides is 4. The Balaban J connectivity index is 0.00000295. The second kappa shape index (κ2) is 24.0. The predicted octanol–water partition coefficient (Wildman–Crippen LogP) is 7.41. The predicted molar refractivity (Wildman–Crippen MR) is 237 cm³/mol. The molecule has 0 spiro atoms. The molecular weight excluding hydrogens is 815 g/mol. The summed E-state index contributed by atoms with van der Waals surface area (Å²) in [5.74, 6) is 7.03. The summed E-state index contributed by atoms with van der Waals surface area (Å²) in [6, 6.07) is 5.97. The van der Waals surface area contributed by atoms with Gasteiger partial charge in [-0.25, -0.2) is 19.6 Å². The number of likely N-dealkylation sites (tertiary alicyclic amines) is 2. The Morgan fingerprint density at radius 1 is 0.831 bits per heavy atom. The molecule has 320 valence electrons. The number of halogens is 2. The average Bonchev–Trinajstić information content (AvgIpc) is 4.06. The minimum atomic E-state index is -0.701. The first-order chi connectivity index (χ1) is 27.4. The molecule has 4 amide bonds. The van der Waals surface area contributed by atoms with Crippen LogP contribution in [-0.4, -0.2) is 93.1 Å². The van der Waals surface area contributed by atoms with Crippen LogP contribution in [0.1, 0.15) is 88.4 Å². The lowest BCUT2D eigenvalue weighted by Gasteiger charge is -2.30. The summed E-state index contributed by atoms with van der Waals surface area (Å²) in [5.41, 5.74) is 3.32. The van der Waals surface area contributed by atoms with Crippen LogP contribution in [0, 0.1) is 23.7 Å². The molecule has 2 aliphatic rings. The number of aromatic nitrogens is 4. The SMILES string of the molecule is C=C.COC(=O)NC(C(=O)N1CCC[C@H]1c1ncc(/C(S)=C/C=C/C#Cc2ccc(-c3cnc([C@@H]4CCCN4C(=O)[C@@H](NC(=O)OC)C(C)C)[nH]3)cc2)[nH]1)C(C)C.Cl.Cl. The Kier molecular flexibility index (Phi) is 20.4. The third-order valence-electron chi connectivity index (χ3n) is 9.80. The van der Waals surface area contributed by atoms with Crippen molar-refractivity contribution >= 4 is 66.3 Å². The maximum absolute atomic E-state index is 13.5. The molecular formula is C42H56Cl2N8O6S. The second-order valence-corrected chi connectivity index (χ2v) is 14.7. The maximum atomic E-state index is 13.5. The van der Waals surface area contributed by atoms with Gasteiger partial charge in [-0.3, -0.25) is 9.59 Å². The first kappa shape index (κ1) is 50.0. The molecule has 4 atom stereocenters. The number of rotatable bonds is 11. The number of nitrogens with zero attached hydrogens (tertiary/aromatic N) is 4. The Morgan fingerprint density at radius 3 is 1.81 bits per heavy atom. The van der Waals surface area contributed by atoms with Gasteiger partial charge < -0.3 is 39.9 Å². The molecule has 59 heavy (non-hydrogen) atoms. The zero-order valence-electron chi connectivity index (χ0n) is 34.3. The smallest absolute Gasteiger partial charge is 0.407 e. The molecule has 0 bridgehead atoms. The summed E-state index contributed by atoms with van der Waals surface area (Å²) in [5, 5.41) is 5.35. The molecule has 3 aromatic rings.